The lowest BCUT2D eigenvalue weighted by Gasteiger charge is -2.05. The molecule has 2 N–H and O–H groups in total. The number of aromatic nitrogens is 1. The molecule has 0 spiro atoms. The van der Waals surface area contributed by atoms with Crippen LogP contribution in [0.2, 0.25) is 0 Å². The highest BCUT2D eigenvalue weighted by Crippen LogP contribution is 2.21. The Kier molecular flexibility index (Phi) is 4.86. The summed E-state index contributed by atoms with van der Waals surface area (Å²) in [6, 6.07) is 15.8. The number of para-hydroxylation sites is 1. The van der Waals surface area contributed by atoms with Crippen LogP contribution in [0.25, 0.3) is 10.2 Å². The van der Waals surface area contributed by atoms with E-state index in [0.29, 0.717) is 5.71 Å². The van der Waals surface area contributed by atoms with E-state index < -0.39 is 0 Å². The lowest BCUT2D eigenvalue weighted by molar-refractivity contribution is -0.119. The molecular formula is C18H18N4OS. The van der Waals surface area contributed by atoms with Crippen molar-refractivity contribution in [3.05, 3.63) is 59.1 Å². The number of nitrogens with zero attached hydrogens (tertiary/aromatic N) is 2. The quantitative estimate of drug-likeness (QED) is 0.552. The summed E-state index contributed by atoms with van der Waals surface area (Å²) in [6.07, 6.45) is 0. The van der Waals surface area contributed by atoms with Crippen LogP contribution in [-0.4, -0.2) is 23.1 Å². The van der Waals surface area contributed by atoms with E-state index in [1.54, 1.807) is 11.3 Å². The van der Waals surface area contributed by atoms with Crippen molar-refractivity contribution in [1.29, 1.82) is 0 Å². The Hall–Kier alpha value is -2.73. The zero-order chi connectivity index (χ0) is 16.9. The SMILES string of the molecule is C/C(=N/NC(=O)CNc1ccc(C)cc1)c1nc2ccccc2s1. The van der Waals surface area contributed by atoms with Crippen LogP contribution in [0.4, 0.5) is 5.69 Å². The zero-order valence-electron chi connectivity index (χ0n) is 13.5. The van der Waals surface area contributed by atoms with Gasteiger partial charge in [0.1, 0.15) is 5.01 Å². The molecule has 0 fully saturated rings. The summed E-state index contributed by atoms with van der Waals surface area (Å²) in [7, 11) is 0. The van der Waals surface area contributed by atoms with Crippen LogP contribution in [0.5, 0.6) is 0 Å². The van der Waals surface area contributed by atoms with Crippen LogP contribution in [-0.2, 0) is 4.79 Å². The normalized spacial score (nSPS) is 11.5. The van der Waals surface area contributed by atoms with Gasteiger partial charge in [-0.2, -0.15) is 5.10 Å². The molecule has 0 atom stereocenters. The van der Waals surface area contributed by atoms with Gasteiger partial charge in [0.05, 0.1) is 22.5 Å². The van der Waals surface area contributed by atoms with E-state index >= 15 is 0 Å². The van der Waals surface area contributed by atoms with E-state index in [0.717, 1.165) is 20.9 Å². The van der Waals surface area contributed by atoms with Gasteiger partial charge in [-0.3, -0.25) is 4.79 Å². The Bertz CT molecular complexity index is 850. The molecule has 1 amide bonds. The fourth-order valence-electron chi connectivity index (χ4n) is 2.11. The summed E-state index contributed by atoms with van der Waals surface area (Å²) in [5.74, 6) is -0.198. The van der Waals surface area contributed by atoms with Crippen molar-refractivity contribution >= 4 is 38.9 Å². The maximum atomic E-state index is 11.9. The topological polar surface area (TPSA) is 66.4 Å². The molecule has 0 saturated heterocycles. The monoisotopic (exact) mass is 338 g/mol. The lowest BCUT2D eigenvalue weighted by atomic mass is 10.2. The lowest BCUT2D eigenvalue weighted by Crippen LogP contribution is -2.26. The standard InChI is InChI=1S/C18H18N4OS/c1-12-7-9-14(10-8-12)19-11-17(23)22-21-13(2)18-20-15-5-3-4-6-16(15)24-18/h3-10,19H,11H2,1-2H3,(H,22,23)/b21-13-. The summed E-state index contributed by atoms with van der Waals surface area (Å²) in [4.78, 5) is 16.4. The maximum Gasteiger partial charge on any atom is 0.259 e. The van der Waals surface area contributed by atoms with E-state index in [9.17, 15) is 4.79 Å². The molecule has 0 aliphatic carbocycles. The largest absolute Gasteiger partial charge is 0.376 e. The van der Waals surface area contributed by atoms with Crippen molar-refractivity contribution in [2.24, 2.45) is 5.10 Å². The second-order valence-electron chi connectivity index (χ2n) is 5.44. The van der Waals surface area contributed by atoms with E-state index in [2.05, 4.69) is 20.8 Å². The van der Waals surface area contributed by atoms with Crippen molar-refractivity contribution in [1.82, 2.24) is 10.4 Å². The molecule has 1 aromatic heterocycles. The van der Waals surface area contributed by atoms with Crippen molar-refractivity contribution in [3.63, 3.8) is 0 Å². The third-order valence-corrected chi connectivity index (χ3v) is 4.60. The van der Waals surface area contributed by atoms with Gasteiger partial charge < -0.3 is 5.32 Å². The minimum atomic E-state index is -0.198. The van der Waals surface area contributed by atoms with E-state index in [1.165, 1.54) is 5.56 Å². The number of thiazole rings is 1. The van der Waals surface area contributed by atoms with E-state index in [4.69, 9.17) is 0 Å². The maximum absolute atomic E-state index is 11.9. The Morgan fingerprint density at radius 2 is 1.92 bits per heavy atom. The van der Waals surface area contributed by atoms with Gasteiger partial charge in [0.2, 0.25) is 0 Å². The first-order chi connectivity index (χ1) is 11.6. The van der Waals surface area contributed by atoms with Gasteiger partial charge in [-0.15, -0.1) is 11.3 Å². The van der Waals surface area contributed by atoms with Gasteiger partial charge in [0.15, 0.2) is 0 Å². The summed E-state index contributed by atoms with van der Waals surface area (Å²) in [5, 5.41) is 8.01. The molecule has 0 aliphatic heterocycles. The molecule has 2 aromatic carbocycles. The number of rotatable bonds is 5. The van der Waals surface area contributed by atoms with Gasteiger partial charge in [-0.05, 0) is 38.1 Å². The van der Waals surface area contributed by atoms with Gasteiger partial charge in [-0.1, -0.05) is 29.8 Å². The van der Waals surface area contributed by atoms with E-state index in [1.807, 2.05) is 62.4 Å². The second kappa shape index (κ2) is 7.23. The number of anilines is 1. The molecule has 3 aromatic rings. The molecule has 6 heteroatoms. The Labute approximate surface area is 144 Å². The molecule has 0 unspecified atom stereocenters. The highest BCUT2D eigenvalue weighted by molar-refractivity contribution is 7.20. The molecular weight excluding hydrogens is 320 g/mol. The molecule has 0 saturated carbocycles. The van der Waals surface area contributed by atoms with Gasteiger partial charge in [0, 0.05) is 5.69 Å². The fourth-order valence-corrected chi connectivity index (χ4v) is 3.02. The van der Waals surface area contributed by atoms with Crippen molar-refractivity contribution in [2.45, 2.75) is 13.8 Å². The number of nitrogens with one attached hydrogen (secondary N) is 2. The molecule has 0 bridgehead atoms. The molecule has 24 heavy (non-hydrogen) atoms. The molecule has 3 rings (SSSR count). The number of hydrogen-bond acceptors (Lipinski definition) is 5. The summed E-state index contributed by atoms with van der Waals surface area (Å²) in [6.45, 7) is 4.03. The number of aryl methyl sites for hydroxylation is 1. The predicted octanol–water partition coefficient (Wildman–Crippen LogP) is 3.56. The van der Waals surface area contributed by atoms with Gasteiger partial charge in [-0.25, -0.2) is 10.4 Å². The predicted molar refractivity (Wildman–Crippen MR) is 99.6 cm³/mol. The number of fused-ring (bicyclic) bond motifs is 1. The molecule has 1 heterocycles. The average Bonchev–Trinajstić information content (AvgIpc) is 3.03. The molecule has 0 radical (unpaired) electrons. The van der Waals surface area contributed by atoms with Crippen LogP contribution in [0, 0.1) is 6.92 Å². The van der Waals surface area contributed by atoms with Crippen molar-refractivity contribution < 1.29 is 4.79 Å². The highest BCUT2D eigenvalue weighted by atomic mass is 32.1. The van der Waals surface area contributed by atoms with Crippen LogP contribution >= 0.6 is 11.3 Å². The fraction of sp³-hybridized carbons (Fsp3) is 0.167. The Balaban J connectivity index is 1.57. The van der Waals surface area contributed by atoms with Crippen LogP contribution in [0.3, 0.4) is 0 Å². The number of carbonyl (C=O) groups is 1. The highest BCUT2D eigenvalue weighted by Gasteiger charge is 2.07. The smallest absolute Gasteiger partial charge is 0.259 e. The third-order valence-electron chi connectivity index (χ3n) is 3.46. The van der Waals surface area contributed by atoms with Crippen LogP contribution in [0.1, 0.15) is 17.5 Å². The number of hydrazone groups is 1. The average molecular weight is 338 g/mol. The summed E-state index contributed by atoms with van der Waals surface area (Å²) < 4.78 is 1.11. The van der Waals surface area contributed by atoms with Crippen LogP contribution < -0.4 is 10.7 Å². The molecule has 5 nitrogen and oxygen atoms in total. The molecule has 0 aliphatic rings. The first kappa shape index (κ1) is 16.1. The van der Waals surface area contributed by atoms with E-state index in [-0.39, 0.29) is 12.5 Å². The van der Waals surface area contributed by atoms with Gasteiger partial charge >= 0.3 is 0 Å². The zero-order valence-corrected chi connectivity index (χ0v) is 14.4. The van der Waals surface area contributed by atoms with Crippen molar-refractivity contribution in [2.75, 3.05) is 11.9 Å². The summed E-state index contributed by atoms with van der Waals surface area (Å²) in [5.41, 5.74) is 6.29. The minimum Gasteiger partial charge on any atom is -0.376 e. The minimum absolute atomic E-state index is 0.166. The third kappa shape index (κ3) is 3.97. The number of hydrogen-bond donors (Lipinski definition) is 2. The van der Waals surface area contributed by atoms with Gasteiger partial charge in [0.25, 0.3) is 5.91 Å². The number of benzene rings is 2. The van der Waals surface area contributed by atoms with Crippen molar-refractivity contribution in [3.8, 4) is 0 Å². The summed E-state index contributed by atoms with van der Waals surface area (Å²) >= 11 is 1.56. The Morgan fingerprint density at radius 1 is 1.17 bits per heavy atom. The first-order valence-corrected chi connectivity index (χ1v) is 8.43. The molecule has 122 valence electrons. The Morgan fingerprint density at radius 3 is 2.67 bits per heavy atom. The first-order valence-electron chi connectivity index (χ1n) is 7.61. The second-order valence-corrected chi connectivity index (χ2v) is 6.47. The number of amides is 1. The van der Waals surface area contributed by atoms with Crippen LogP contribution in [0.15, 0.2) is 53.6 Å². The number of carbonyl (C=O) groups excluding carboxylic acids is 1.